The number of nitrogens with two attached hydrogens (primary N) is 1. The third kappa shape index (κ3) is 3.53. The van der Waals surface area contributed by atoms with Gasteiger partial charge in [0.1, 0.15) is 6.61 Å². The number of aromatic nitrogens is 2. The highest BCUT2D eigenvalue weighted by molar-refractivity contribution is 5.91. The summed E-state index contributed by atoms with van der Waals surface area (Å²) in [5, 5.41) is 5.23. The van der Waals surface area contributed by atoms with Gasteiger partial charge in [0.15, 0.2) is 5.82 Å². The Hall–Kier alpha value is -3.22. The van der Waals surface area contributed by atoms with Gasteiger partial charge in [-0.15, -0.1) is 0 Å². The molecule has 0 unspecified atom stereocenters. The van der Waals surface area contributed by atoms with Crippen LogP contribution in [0.15, 0.2) is 48.5 Å². The number of carbonyl (C=O) groups excluding carboxylic acids is 1. The zero-order chi connectivity index (χ0) is 18.8. The number of aryl methyl sites for hydroxylation is 1. The number of anilines is 2. The Balaban J connectivity index is 1.36. The normalized spacial score (nSPS) is 14.6. The van der Waals surface area contributed by atoms with Gasteiger partial charge in [-0.3, -0.25) is 4.68 Å². The van der Waals surface area contributed by atoms with Crippen LogP contribution in [0.4, 0.5) is 16.3 Å². The fourth-order valence-electron chi connectivity index (χ4n) is 3.43. The molecule has 7 nitrogen and oxygen atoms in total. The van der Waals surface area contributed by atoms with Crippen molar-refractivity contribution < 1.29 is 9.53 Å². The van der Waals surface area contributed by atoms with Crippen LogP contribution in [0.3, 0.4) is 0 Å². The Morgan fingerprint density at radius 3 is 2.59 bits per heavy atom. The molecule has 2 aromatic carbocycles. The molecule has 0 atom stereocenters. The molecule has 1 aliphatic rings. The van der Waals surface area contributed by atoms with E-state index in [4.69, 9.17) is 10.5 Å². The molecule has 1 fully saturated rings. The number of nitrogens with zero attached hydrogens (tertiary/aromatic N) is 4. The predicted octanol–water partition coefficient (Wildman–Crippen LogP) is 2.61. The molecular formula is C20H23N5O2. The molecule has 1 aromatic heterocycles. The van der Waals surface area contributed by atoms with E-state index in [2.05, 4.69) is 22.1 Å². The molecule has 2 N–H and O–H groups in total. The zero-order valence-corrected chi connectivity index (χ0v) is 15.3. The smallest absolute Gasteiger partial charge is 0.410 e. The van der Waals surface area contributed by atoms with E-state index in [1.165, 1.54) is 0 Å². The van der Waals surface area contributed by atoms with Crippen LogP contribution in [-0.4, -0.2) is 47.0 Å². The number of piperazine rings is 1. The number of fused-ring (bicyclic) bond motifs is 1. The molecule has 4 rings (SSSR count). The Labute approximate surface area is 157 Å². The summed E-state index contributed by atoms with van der Waals surface area (Å²) in [5.74, 6) is 0.546. The number of carbonyl (C=O) groups is 1. The van der Waals surface area contributed by atoms with E-state index in [-0.39, 0.29) is 6.09 Å². The first-order valence-corrected chi connectivity index (χ1v) is 9.04. The molecule has 0 saturated carbocycles. The van der Waals surface area contributed by atoms with E-state index < -0.39 is 0 Å². The van der Waals surface area contributed by atoms with Crippen molar-refractivity contribution in [1.29, 1.82) is 0 Å². The molecule has 2 heterocycles. The highest BCUT2D eigenvalue weighted by atomic mass is 16.6. The highest BCUT2D eigenvalue weighted by Crippen LogP contribution is 2.26. The van der Waals surface area contributed by atoms with E-state index in [0.29, 0.717) is 25.5 Å². The van der Waals surface area contributed by atoms with E-state index in [0.717, 1.165) is 35.2 Å². The molecule has 1 aliphatic heterocycles. The van der Waals surface area contributed by atoms with Gasteiger partial charge < -0.3 is 20.3 Å². The summed E-state index contributed by atoms with van der Waals surface area (Å²) in [5.41, 5.74) is 9.04. The van der Waals surface area contributed by atoms with Crippen LogP contribution < -0.4 is 10.6 Å². The standard InChI is InChI=1S/C20H23N5O2/c1-23-18-13-16(7-8-17(18)19(21)22-23)24-9-11-25(12-10-24)20(26)27-14-15-5-3-2-4-6-15/h2-8,13H,9-12,14H2,1H3,(H2,21,22). The molecule has 7 heteroatoms. The first-order chi connectivity index (χ1) is 13.1. The van der Waals surface area contributed by atoms with Crippen LogP contribution in [0, 0.1) is 0 Å². The van der Waals surface area contributed by atoms with Gasteiger partial charge in [0, 0.05) is 44.3 Å². The van der Waals surface area contributed by atoms with Crippen molar-refractivity contribution in [3.8, 4) is 0 Å². The van der Waals surface area contributed by atoms with Gasteiger partial charge >= 0.3 is 6.09 Å². The number of hydrogen-bond donors (Lipinski definition) is 1. The maximum Gasteiger partial charge on any atom is 0.410 e. The van der Waals surface area contributed by atoms with Gasteiger partial charge in [-0.2, -0.15) is 5.10 Å². The summed E-state index contributed by atoms with van der Waals surface area (Å²) in [6.45, 7) is 3.11. The van der Waals surface area contributed by atoms with E-state index in [9.17, 15) is 4.79 Å². The van der Waals surface area contributed by atoms with E-state index >= 15 is 0 Å². The number of nitrogen functional groups attached to an aromatic ring is 1. The number of rotatable bonds is 3. The molecule has 0 bridgehead atoms. The van der Waals surface area contributed by atoms with Gasteiger partial charge in [0.05, 0.1) is 5.52 Å². The molecule has 0 spiro atoms. The number of ether oxygens (including phenoxy) is 1. The summed E-state index contributed by atoms with van der Waals surface area (Å²) < 4.78 is 7.22. The Morgan fingerprint density at radius 1 is 1.11 bits per heavy atom. The van der Waals surface area contributed by atoms with Crippen molar-refractivity contribution in [3.05, 3.63) is 54.1 Å². The SMILES string of the molecule is Cn1nc(N)c2ccc(N3CCN(C(=O)OCc4ccccc4)CC3)cc21. The summed E-state index contributed by atoms with van der Waals surface area (Å²) in [7, 11) is 1.89. The van der Waals surface area contributed by atoms with Crippen LogP contribution in [0.2, 0.25) is 0 Å². The molecular weight excluding hydrogens is 342 g/mol. The second-order valence-electron chi connectivity index (χ2n) is 6.72. The quantitative estimate of drug-likeness (QED) is 0.772. The Kier molecular flexibility index (Phi) is 4.58. The topological polar surface area (TPSA) is 76.6 Å². The van der Waals surface area contributed by atoms with Gasteiger partial charge in [0.25, 0.3) is 0 Å². The van der Waals surface area contributed by atoms with E-state index in [1.54, 1.807) is 9.58 Å². The largest absolute Gasteiger partial charge is 0.445 e. The summed E-state index contributed by atoms with van der Waals surface area (Å²) in [6, 6.07) is 15.9. The van der Waals surface area contributed by atoms with Gasteiger partial charge in [-0.25, -0.2) is 4.79 Å². The minimum absolute atomic E-state index is 0.256. The molecule has 1 saturated heterocycles. The van der Waals surface area contributed by atoms with Crippen LogP contribution in [0.1, 0.15) is 5.56 Å². The van der Waals surface area contributed by atoms with Crippen LogP contribution in [-0.2, 0) is 18.4 Å². The number of amides is 1. The van der Waals surface area contributed by atoms with Crippen molar-refractivity contribution in [1.82, 2.24) is 14.7 Å². The second-order valence-corrected chi connectivity index (χ2v) is 6.72. The lowest BCUT2D eigenvalue weighted by molar-refractivity contribution is 0.0942. The monoisotopic (exact) mass is 365 g/mol. The molecule has 3 aromatic rings. The molecule has 0 aliphatic carbocycles. The Bertz CT molecular complexity index is 946. The van der Waals surface area contributed by atoms with Crippen LogP contribution in [0.5, 0.6) is 0 Å². The van der Waals surface area contributed by atoms with Gasteiger partial charge in [-0.1, -0.05) is 30.3 Å². The third-order valence-electron chi connectivity index (χ3n) is 4.97. The minimum atomic E-state index is -0.256. The minimum Gasteiger partial charge on any atom is -0.445 e. The van der Waals surface area contributed by atoms with Crippen molar-refractivity contribution in [3.63, 3.8) is 0 Å². The van der Waals surface area contributed by atoms with Crippen molar-refractivity contribution in [2.45, 2.75) is 6.61 Å². The zero-order valence-electron chi connectivity index (χ0n) is 15.3. The van der Waals surface area contributed by atoms with Crippen molar-refractivity contribution >= 4 is 28.5 Å². The van der Waals surface area contributed by atoms with Crippen molar-refractivity contribution in [2.75, 3.05) is 36.8 Å². The fourth-order valence-corrected chi connectivity index (χ4v) is 3.43. The van der Waals surface area contributed by atoms with Crippen molar-refractivity contribution in [2.24, 2.45) is 7.05 Å². The third-order valence-corrected chi connectivity index (χ3v) is 4.97. The lowest BCUT2D eigenvalue weighted by Gasteiger charge is -2.35. The van der Waals surface area contributed by atoms with Crippen LogP contribution >= 0.6 is 0 Å². The lowest BCUT2D eigenvalue weighted by atomic mass is 10.2. The highest BCUT2D eigenvalue weighted by Gasteiger charge is 2.23. The first-order valence-electron chi connectivity index (χ1n) is 9.04. The predicted molar refractivity (Wildman–Crippen MR) is 106 cm³/mol. The average molecular weight is 365 g/mol. The van der Waals surface area contributed by atoms with Gasteiger partial charge in [0.2, 0.25) is 0 Å². The number of benzene rings is 2. The summed E-state index contributed by atoms with van der Waals surface area (Å²) in [6.07, 6.45) is -0.256. The fraction of sp³-hybridized carbons (Fsp3) is 0.300. The lowest BCUT2D eigenvalue weighted by Crippen LogP contribution is -2.48. The average Bonchev–Trinajstić information content (AvgIpc) is 3.00. The first kappa shape index (κ1) is 17.2. The maximum absolute atomic E-state index is 12.3. The Morgan fingerprint density at radius 2 is 1.85 bits per heavy atom. The van der Waals surface area contributed by atoms with Gasteiger partial charge in [-0.05, 0) is 23.8 Å². The molecule has 27 heavy (non-hydrogen) atoms. The summed E-state index contributed by atoms with van der Waals surface area (Å²) in [4.78, 5) is 16.3. The number of hydrogen-bond acceptors (Lipinski definition) is 5. The molecule has 0 radical (unpaired) electrons. The molecule has 140 valence electrons. The molecule has 1 amide bonds. The maximum atomic E-state index is 12.3. The summed E-state index contributed by atoms with van der Waals surface area (Å²) >= 11 is 0. The van der Waals surface area contributed by atoms with Crippen LogP contribution in [0.25, 0.3) is 10.9 Å². The second kappa shape index (κ2) is 7.19. The van der Waals surface area contributed by atoms with E-state index in [1.807, 2.05) is 43.4 Å².